The monoisotopic (exact) mass is 323 g/mol. The molecule has 0 bridgehead atoms. The van der Waals surface area contributed by atoms with Crippen molar-refractivity contribution in [2.75, 3.05) is 18.9 Å². The van der Waals surface area contributed by atoms with Gasteiger partial charge in [0, 0.05) is 30.2 Å². The Morgan fingerprint density at radius 2 is 2.24 bits per heavy atom. The topological polar surface area (TPSA) is 45.2 Å². The fourth-order valence-electron chi connectivity index (χ4n) is 1.88. The molecule has 1 amide bonds. The summed E-state index contributed by atoms with van der Waals surface area (Å²) in [7, 11) is 1.79. The van der Waals surface area contributed by atoms with E-state index in [1.807, 2.05) is 12.1 Å². The summed E-state index contributed by atoms with van der Waals surface area (Å²) in [5.74, 6) is 0.705. The molecule has 1 N–H and O–H groups in total. The van der Waals surface area contributed by atoms with Crippen LogP contribution in [0.5, 0.6) is 0 Å². The van der Waals surface area contributed by atoms with E-state index in [0.29, 0.717) is 12.1 Å². The second-order valence-electron chi connectivity index (χ2n) is 4.72. The van der Waals surface area contributed by atoms with Crippen LogP contribution in [-0.4, -0.2) is 29.4 Å². The van der Waals surface area contributed by atoms with Crippen molar-refractivity contribution in [2.45, 2.75) is 19.9 Å². The number of thiophene rings is 1. The second kappa shape index (κ2) is 7.43. The summed E-state index contributed by atoms with van der Waals surface area (Å²) in [6.45, 7) is 3.48. The summed E-state index contributed by atoms with van der Waals surface area (Å²) >= 11 is 7.40. The van der Waals surface area contributed by atoms with E-state index < -0.39 is 0 Å². The van der Waals surface area contributed by atoms with Gasteiger partial charge in [-0.3, -0.25) is 4.79 Å². The van der Waals surface area contributed by atoms with Crippen molar-refractivity contribution in [1.82, 2.24) is 9.88 Å². The number of halogens is 1. The average Bonchev–Trinajstić information content (AvgIpc) is 2.89. The summed E-state index contributed by atoms with van der Waals surface area (Å²) in [4.78, 5) is 19.4. The zero-order valence-corrected chi connectivity index (χ0v) is 13.7. The lowest BCUT2D eigenvalue weighted by atomic mass is 10.2. The van der Waals surface area contributed by atoms with Gasteiger partial charge in [0.2, 0.25) is 0 Å². The average molecular weight is 324 g/mol. The number of carbonyl (C=O) groups is 1. The van der Waals surface area contributed by atoms with Crippen LogP contribution in [-0.2, 0) is 6.54 Å². The quantitative estimate of drug-likeness (QED) is 0.877. The number of aromatic nitrogens is 1. The number of anilines is 1. The SMILES string of the molecule is CCCNc1cc(C(=O)N(C)Cc2ccc(Cl)s2)ccn1. The Hall–Kier alpha value is -1.59. The first-order valence-electron chi connectivity index (χ1n) is 6.79. The molecule has 0 atom stereocenters. The van der Waals surface area contributed by atoms with E-state index in [4.69, 9.17) is 11.6 Å². The third kappa shape index (κ3) is 4.44. The highest BCUT2D eigenvalue weighted by atomic mass is 35.5. The van der Waals surface area contributed by atoms with Gasteiger partial charge in [-0.2, -0.15) is 0 Å². The minimum absolute atomic E-state index is 0.0264. The maximum Gasteiger partial charge on any atom is 0.254 e. The third-order valence-electron chi connectivity index (χ3n) is 2.93. The Kier molecular flexibility index (Phi) is 5.59. The fraction of sp³-hybridized carbons (Fsp3) is 0.333. The van der Waals surface area contributed by atoms with Gasteiger partial charge in [-0.25, -0.2) is 4.98 Å². The molecule has 0 spiro atoms. The first kappa shape index (κ1) is 15.8. The molecule has 0 aromatic carbocycles. The smallest absolute Gasteiger partial charge is 0.254 e. The molecule has 0 fully saturated rings. The molecule has 0 saturated heterocycles. The van der Waals surface area contributed by atoms with Crippen LogP contribution < -0.4 is 5.32 Å². The molecule has 0 unspecified atom stereocenters. The normalized spacial score (nSPS) is 10.4. The predicted octanol–water partition coefficient (Wildman–Crippen LogP) is 3.89. The lowest BCUT2D eigenvalue weighted by molar-refractivity contribution is 0.0786. The molecular weight excluding hydrogens is 306 g/mol. The molecule has 0 aliphatic heterocycles. The molecule has 0 aliphatic carbocycles. The van der Waals surface area contributed by atoms with Crippen LogP contribution in [0.4, 0.5) is 5.82 Å². The first-order valence-corrected chi connectivity index (χ1v) is 7.99. The highest BCUT2D eigenvalue weighted by Gasteiger charge is 2.13. The maximum atomic E-state index is 12.4. The first-order chi connectivity index (χ1) is 10.1. The van der Waals surface area contributed by atoms with E-state index in [1.165, 1.54) is 11.3 Å². The van der Waals surface area contributed by atoms with Crippen molar-refractivity contribution in [3.8, 4) is 0 Å². The molecule has 6 heteroatoms. The highest BCUT2D eigenvalue weighted by molar-refractivity contribution is 7.16. The number of hydrogen-bond acceptors (Lipinski definition) is 4. The van der Waals surface area contributed by atoms with Crippen LogP contribution in [0.3, 0.4) is 0 Å². The zero-order chi connectivity index (χ0) is 15.2. The van der Waals surface area contributed by atoms with Gasteiger partial charge in [0.1, 0.15) is 5.82 Å². The standard InChI is InChI=1S/C15H18ClN3OS/c1-3-7-17-14-9-11(6-8-18-14)15(20)19(2)10-12-4-5-13(16)21-12/h4-6,8-9H,3,7,10H2,1-2H3,(H,17,18). The highest BCUT2D eigenvalue weighted by Crippen LogP contribution is 2.23. The van der Waals surface area contributed by atoms with Crippen molar-refractivity contribution < 1.29 is 4.79 Å². The minimum atomic E-state index is -0.0264. The Labute approximate surface area is 133 Å². The second-order valence-corrected chi connectivity index (χ2v) is 6.52. The van der Waals surface area contributed by atoms with Crippen LogP contribution in [0.15, 0.2) is 30.5 Å². The van der Waals surface area contributed by atoms with E-state index in [1.54, 1.807) is 30.3 Å². The summed E-state index contributed by atoms with van der Waals surface area (Å²) < 4.78 is 0.737. The van der Waals surface area contributed by atoms with Gasteiger partial charge in [-0.05, 0) is 30.7 Å². The molecule has 2 aromatic rings. The van der Waals surface area contributed by atoms with Crippen LogP contribution in [0, 0.1) is 0 Å². The molecule has 2 heterocycles. The Bertz CT molecular complexity index is 614. The van der Waals surface area contributed by atoms with Crippen molar-refractivity contribution in [3.05, 3.63) is 45.2 Å². The van der Waals surface area contributed by atoms with Crippen molar-refractivity contribution in [2.24, 2.45) is 0 Å². The number of amides is 1. The molecule has 112 valence electrons. The van der Waals surface area contributed by atoms with Crippen molar-refractivity contribution >= 4 is 34.7 Å². The Morgan fingerprint density at radius 3 is 2.90 bits per heavy atom. The lowest BCUT2D eigenvalue weighted by Gasteiger charge is -2.16. The lowest BCUT2D eigenvalue weighted by Crippen LogP contribution is -2.26. The van der Waals surface area contributed by atoms with E-state index in [0.717, 1.165) is 28.0 Å². The molecule has 4 nitrogen and oxygen atoms in total. The number of pyridine rings is 1. The molecule has 21 heavy (non-hydrogen) atoms. The fourth-order valence-corrected chi connectivity index (χ4v) is 3.02. The van der Waals surface area contributed by atoms with Crippen LogP contribution >= 0.6 is 22.9 Å². The van der Waals surface area contributed by atoms with Gasteiger partial charge >= 0.3 is 0 Å². The number of nitrogens with zero attached hydrogens (tertiary/aromatic N) is 2. The van der Waals surface area contributed by atoms with Crippen LogP contribution in [0.2, 0.25) is 4.34 Å². The summed E-state index contributed by atoms with van der Waals surface area (Å²) in [5, 5.41) is 3.18. The molecule has 0 aliphatic rings. The van der Waals surface area contributed by atoms with Crippen LogP contribution in [0.1, 0.15) is 28.6 Å². The Morgan fingerprint density at radius 1 is 1.43 bits per heavy atom. The molecule has 0 saturated carbocycles. The van der Waals surface area contributed by atoms with Gasteiger partial charge < -0.3 is 10.2 Å². The molecular formula is C15H18ClN3OS. The molecule has 2 rings (SSSR count). The van der Waals surface area contributed by atoms with E-state index in [9.17, 15) is 4.79 Å². The van der Waals surface area contributed by atoms with Gasteiger partial charge in [0.15, 0.2) is 0 Å². The Balaban J connectivity index is 2.04. The number of carbonyl (C=O) groups excluding carboxylic acids is 1. The van der Waals surface area contributed by atoms with E-state index >= 15 is 0 Å². The summed E-state index contributed by atoms with van der Waals surface area (Å²) in [6, 6.07) is 7.31. The number of rotatable bonds is 6. The third-order valence-corrected chi connectivity index (χ3v) is 4.15. The molecule has 2 aromatic heterocycles. The minimum Gasteiger partial charge on any atom is -0.370 e. The molecule has 0 radical (unpaired) electrons. The van der Waals surface area contributed by atoms with Crippen LogP contribution in [0.25, 0.3) is 0 Å². The number of hydrogen-bond donors (Lipinski definition) is 1. The van der Waals surface area contributed by atoms with Gasteiger partial charge in [0.05, 0.1) is 10.9 Å². The predicted molar refractivity (Wildman–Crippen MR) is 88.1 cm³/mol. The van der Waals surface area contributed by atoms with Crippen molar-refractivity contribution in [3.63, 3.8) is 0 Å². The van der Waals surface area contributed by atoms with Gasteiger partial charge in [-0.15, -0.1) is 11.3 Å². The van der Waals surface area contributed by atoms with Gasteiger partial charge in [-0.1, -0.05) is 18.5 Å². The van der Waals surface area contributed by atoms with Gasteiger partial charge in [0.25, 0.3) is 5.91 Å². The summed E-state index contributed by atoms with van der Waals surface area (Å²) in [6.07, 6.45) is 2.67. The zero-order valence-electron chi connectivity index (χ0n) is 12.1. The van der Waals surface area contributed by atoms with E-state index in [2.05, 4.69) is 17.2 Å². The maximum absolute atomic E-state index is 12.4. The van der Waals surface area contributed by atoms with E-state index in [-0.39, 0.29) is 5.91 Å². The summed E-state index contributed by atoms with van der Waals surface area (Å²) in [5.41, 5.74) is 0.633. The number of nitrogens with one attached hydrogen (secondary N) is 1. The largest absolute Gasteiger partial charge is 0.370 e. The van der Waals surface area contributed by atoms with Crippen molar-refractivity contribution in [1.29, 1.82) is 0 Å².